The van der Waals surface area contributed by atoms with Gasteiger partial charge in [0.25, 0.3) is 0 Å². The highest BCUT2D eigenvalue weighted by atomic mass is 15.1. The van der Waals surface area contributed by atoms with Gasteiger partial charge in [-0.05, 0) is 61.6 Å². The van der Waals surface area contributed by atoms with Crippen molar-refractivity contribution in [2.24, 2.45) is 17.8 Å². The number of hydrogen-bond acceptors (Lipinski definition) is 3. The molecule has 0 saturated heterocycles. The summed E-state index contributed by atoms with van der Waals surface area (Å²) in [6, 6.07) is 2.57. The zero-order valence-corrected chi connectivity index (χ0v) is 11.2. The molecule has 0 radical (unpaired) electrons. The van der Waals surface area contributed by atoms with Gasteiger partial charge in [0.1, 0.15) is 0 Å². The number of nitrogens with zero attached hydrogens (tertiary/aromatic N) is 2. The third-order valence-electron chi connectivity index (χ3n) is 4.88. The summed E-state index contributed by atoms with van der Waals surface area (Å²) in [7, 11) is 0. The van der Waals surface area contributed by atoms with Gasteiger partial charge in [0, 0.05) is 12.2 Å². The zero-order valence-electron chi connectivity index (χ0n) is 11.2. The van der Waals surface area contributed by atoms with Gasteiger partial charge in [-0.3, -0.25) is 0 Å². The summed E-state index contributed by atoms with van der Waals surface area (Å²) in [5.74, 6) is 2.98. The molecule has 0 amide bonds. The maximum absolute atomic E-state index is 4.02. The molecule has 1 heterocycles. The van der Waals surface area contributed by atoms with Crippen LogP contribution in [0.3, 0.4) is 0 Å². The summed E-state index contributed by atoms with van der Waals surface area (Å²) in [5.41, 5.74) is 1.30. The van der Waals surface area contributed by atoms with E-state index in [0.717, 1.165) is 24.3 Å². The molecule has 98 valence electrons. The van der Waals surface area contributed by atoms with Crippen molar-refractivity contribution in [3.8, 4) is 0 Å². The van der Waals surface area contributed by atoms with E-state index in [4.69, 9.17) is 0 Å². The molecule has 18 heavy (non-hydrogen) atoms. The Morgan fingerprint density at radius 3 is 2.89 bits per heavy atom. The second-order valence-corrected chi connectivity index (χ2v) is 5.96. The van der Waals surface area contributed by atoms with E-state index in [1.807, 2.05) is 6.20 Å². The van der Waals surface area contributed by atoms with Crippen molar-refractivity contribution in [1.29, 1.82) is 0 Å². The molecule has 0 aliphatic heterocycles. The van der Waals surface area contributed by atoms with Gasteiger partial charge in [-0.2, -0.15) is 10.2 Å². The molecule has 3 nitrogen and oxygen atoms in total. The molecule has 1 N–H and O–H groups in total. The van der Waals surface area contributed by atoms with Gasteiger partial charge in [0.2, 0.25) is 0 Å². The van der Waals surface area contributed by atoms with E-state index in [2.05, 4.69) is 28.5 Å². The van der Waals surface area contributed by atoms with E-state index in [1.54, 1.807) is 6.20 Å². The molecule has 4 atom stereocenters. The third-order valence-corrected chi connectivity index (χ3v) is 4.88. The first kappa shape index (κ1) is 12.1. The van der Waals surface area contributed by atoms with Crippen molar-refractivity contribution in [2.75, 3.05) is 6.54 Å². The second-order valence-electron chi connectivity index (χ2n) is 5.96. The normalized spacial score (nSPS) is 31.7. The Morgan fingerprint density at radius 2 is 2.28 bits per heavy atom. The molecule has 1 aromatic heterocycles. The van der Waals surface area contributed by atoms with Crippen LogP contribution in [0.2, 0.25) is 0 Å². The van der Waals surface area contributed by atoms with Crippen LogP contribution in [-0.2, 0) is 0 Å². The van der Waals surface area contributed by atoms with Crippen LogP contribution in [0.25, 0.3) is 0 Å². The quantitative estimate of drug-likeness (QED) is 0.866. The van der Waals surface area contributed by atoms with Crippen molar-refractivity contribution in [3.63, 3.8) is 0 Å². The Bertz CT molecular complexity index is 379. The minimum absolute atomic E-state index is 0.467. The summed E-state index contributed by atoms with van der Waals surface area (Å²) in [6.45, 7) is 3.20. The van der Waals surface area contributed by atoms with E-state index in [0.29, 0.717) is 6.04 Å². The van der Waals surface area contributed by atoms with E-state index >= 15 is 0 Å². The minimum Gasteiger partial charge on any atom is -0.310 e. The molecule has 2 saturated carbocycles. The lowest BCUT2D eigenvalue weighted by Gasteiger charge is -2.27. The standard InChI is InChI=1S/C15H23N3/c1-2-16-15(13-5-6-17-18-10-13)9-14-8-11-3-4-12(14)7-11/h5-6,10-12,14-16H,2-4,7-9H2,1H3. The molecular weight excluding hydrogens is 222 g/mol. The fourth-order valence-corrected chi connectivity index (χ4v) is 4.06. The summed E-state index contributed by atoms with van der Waals surface area (Å²) >= 11 is 0. The van der Waals surface area contributed by atoms with Gasteiger partial charge in [-0.15, -0.1) is 0 Å². The van der Waals surface area contributed by atoms with Gasteiger partial charge in [-0.1, -0.05) is 13.3 Å². The van der Waals surface area contributed by atoms with Crippen LogP contribution in [0.4, 0.5) is 0 Å². The summed E-state index contributed by atoms with van der Waals surface area (Å²) in [6.07, 6.45) is 10.9. The van der Waals surface area contributed by atoms with Crippen LogP contribution < -0.4 is 5.32 Å². The van der Waals surface area contributed by atoms with Crippen molar-refractivity contribution in [2.45, 2.75) is 45.1 Å². The molecule has 0 aromatic carbocycles. The van der Waals surface area contributed by atoms with Gasteiger partial charge < -0.3 is 5.32 Å². The van der Waals surface area contributed by atoms with E-state index in [-0.39, 0.29) is 0 Å². The molecular formula is C15H23N3. The smallest absolute Gasteiger partial charge is 0.0544 e. The van der Waals surface area contributed by atoms with Crippen molar-refractivity contribution in [1.82, 2.24) is 15.5 Å². The first-order chi connectivity index (χ1) is 8.86. The fraction of sp³-hybridized carbons (Fsp3) is 0.733. The molecule has 0 spiro atoms. The molecule has 2 fully saturated rings. The first-order valence-electron chi connectivity index (χ1n) is 7.36. The van der Waals surface area contributed by atoms with Crippen molar-refractivity contribution in [3.05, 3.63) is 24.0 Å². The molecule has 4 unspecified atom stereocenters. The summed E-state index contributed by atoms with van der Waals surface area (Å²) in [4.78, 5) is 0. The zero-order chi connectivity index (χ0) is 12.4. The molecule has 3 rings (SSSR count). The lowest BCUT2D eigenvalue weighted by molar-refractivity contribution is 0.280. The van der Waals surface area contributed by atoms with Crippen LogP contribution >= 0.6 is 0 Å². The monoisotopic (exact) mass is 245 g/mol. The Morgan fingerprint density at radius 1 is 1.33 bits per heavy atom. The molecule has 2 aliphatic rings. The van der Waals surface area contributed by atoms with Crippen LogP contribution in [0, 0.1) is 17.8 Å². The van der Waals surface area contributed by atoms with Crippen LogP contribution in [0.5, 0.6) is 0 Å². The summed E-state index contributed by atoms with van der Waals surface area (Å²) < 4.78 is 0. The lowest BCUT2D eigenvalue weighted by Crippen LogP contribution is -2.25. The van der Waals surface area contributed by atoms with E-state index in [9.17, 15) is 0 Å². The number of hydrogen-bond donors (Lipinski definition) is 1. The number of fused-ring (bicyclic) bond motifs is 2. The molecule has 1 aromatic rings. The highest BCUT2D eigenvalue weighted by molar-refractivity contribution is 5.12. The van der Waals surface area contributed by atoms with Gasteiger partial charge >= 0.3 is 0 Å². The topological polar surface area (TPSA) is 37.8 Å². The number of nitrogens with one attached hydrogen (secondary N) is 1. The average Bonchev–Trinajstić information content (AvgIpc) is 3.01. The van der Waals surface area contributed by atoms with Crippen molar-refractivity contribution >= 4 is 0 Å². The largest absolute Gasteiger partial charge is 0.310 e. The Labute approximate surface area is 109 Å². The fourth-order valence-electron chi connectivity index (χ4n) is 4.06. The lowest BCUT2D eigenvalue weighted by atomic mass is 9.83. The predicted octanol–water partition coefficient (Wildman–Crippen LogP) is 2.95. The number of rotatable bonds is 5. The Hall–Kier alpha value is -0.960. The summed E-state index contributed by atoms with van der Waals surface area (Å²) in [5, 5.41) is 11.5. The van der Waals surface area contributed by atoms with Crippen LogP contribution in [0.15, 0.2) is 18.5 Å². The van der Waals surface area contributed by atoms with Crippen LogP contribution in [-0.4, -0.2) is 16.7 Å². The molecule has 2 aliphatic carbocycles. The maximum Gasteiger partial charge on any atom is 0.0544 e. The number of aromatic nitrogens is 2. The van der Waals surface area contributed by atoms with Gasteiger partial charge in [0.15, 0.2) is 0 Å². The van der Waals surface area contributed by atoms with E-state index in [1.165, 1.54) is 37.7 Å². The first-order valence-corrected chi connectivity index (χ1v) is 7.36. The average molecular weight is 245 g/mol. The minimum atomic E-state index is 0.467. The van der Waals surface area contributed by atoms with Gasteiger partial charge in [-0.25, -0.2) is 0 Å². The second kappa shape index (κ2) is 5.35. The Kier molecular flexibility index (Phi) is 3.59. The SMILES string of the molecule is CCNC(CC1CC2CCC1C2)c1ccnnc1. The highest BCUT2D eigenvalue weighted by Crippen LogP contribution is 2.50. The molecule has 3 heteroatoms. The maximum atomic E-state index is 4.02. The third kappa shape index (κ3) is 2.41. The van der Waals surface area contributed by atoms with Gasteiger partial charge in [0.05, 0.1) is 6.20 Å². The molecule has 2 bridgehead atoms. The van der Waals surface area contributed by atoms with Crippen molar-refractivity contribution < 1.29 is 0 Å². The predicted molar refractivity (Wildman–Crippen MR) is 72.0 cm³/mol. The highest BCUT2D eigenvalue weighted by Gasteiger charge is 2.40. The van der Waals surface area contributed by atoms with E-state index < -0.39 is 0 Å². The van der Waals surface area contributed by atoms with Crippen LogP contribution in [0.1, 0.15) is 50.6 Å². The Balaban J connectivity index is 1.67.